The van der Waals surface area contributed by atoms with E-state index in [1.54, 1.807) is 6.07 Å². The van der Waals surface area contributed by atoms with Crippen molar-refractivity contribution < 1.29 is 18.0 Å². The van der Waals surface area contributed by atoms with Gasteiger partial charge in [-0.25, -0.2) is 0 Å². The van der Waals surface area contributed by atoms with Crippen LogP contribution in [0.25, 0.3) is 0 Å². The van der Waals surface area contributed by atoms with Crippen molar-refractivity contribution >= 4 is 18.3 Å². The quantitative estimate of drug-likeness (QED) is 0.835. The summed E-state index contributed by atoms with van der Waals surface area (Å²) in [5.74, 6) is 0.00290. The molecular formula is C17H24ClF3N2O. The first-order valence-electron chi connectivity index (χ1n) is 8.03. The Kier molecular flexibility index (Phi) is 8.03. The lowest BCUT2D eigenvalue weighted by Crippen LogP contribution is -2.40. The van der Waals surface area contributed by atoms with Gasteiger partial charge < -0.3 is 10.6 Å². The van der Waals surface area contributed by atoms with E-state index in [-0.39, 0.29) is 30.2 Å². The molecule has 136 valence electrons. The van der Waals surface area contributed by atoms with Crippen LogP contribution in [0.1, 0.15) is 43.2 Å². The molecule has 24 heavy (non-hydrogen) atoms. The lowest BCUT2D eigenvalue weighted by atomic mass is 9.95. The van der Waals surface area contributed by atoms with Crippen LogP contribution in [0.5, 0.6) is 0 Å². The molecule has 0 aliphatic carbocycles. The molecule has 7 heteroatoms. The van der Waals surface area contributed by atoms with Gasteiger partial charge in [0.25, 0.3) is 0 Å². The Hall–Kier alpha value is -1.27. The number of nitrogens with one attached hydrogen (secondary N) is 2. The lowest BCUT2D eigenvalue weighted by Gasteiger charge is -2.22. The fourth-order valence-electron chi connectivity index (χ4n) is 2.82. The van der Waals surface area contributed by atoms with E-state index in [1.807, 2.05) is 6.92 Å². The van der Waals surface area contributed by atoms with Gasteiger partial charge in [-0.15, -0.1) is 12.4 Å². The summed E-state index contributed by atoms with van der Waals surface area (Å²) >= 11 is 0. The van der Waals surface area contributed by atoms with Gasteiger partial charge in [-0.2, -0.15) is 13.2 Å². The van der Waals surface area contributed by atoms with Gasteiger partial charge in [0, 0.05) is 13.1 Å². The zero-order valence-electron chi connectivity index (χ0n) is 13.7. The van der Waals surface area contributed by atoms with Crippen molar-refractivity contribution in [3.63, 3.8) is 0 Å². The normalized spacial score (nSPS) is 19.2. The lowest BCUT2D eigenvalue weighted by molar-refractivity contribution is -0.137. The number of carbonyl (C=O) groups is 1. The second kappa shape index (κ2) is 9.28. The van der Waals surface area contributed by atoms with E-state index in [1.165, 1.54) is 12.1 Å². The number of rotatable bonds is 5. The highest BCUT2D eigenvalue weighted by Crippen LogP contribution is 2.31. The summed E-state index contributed by atoms with van der Waals surface area (Å²) in [7, 11) is 0. The topological polar surface area (TPSA) is 41.1 Å². The zero-order valence-corrected chi connectivity index (χ0v) is 14.5. The van der Waals surface area contributed by atoms with Crippen LogP contribution in [0.4, 0.5) is 13.2 Å². The van der Waals surface area contributed by atoms with Crippen LogP contribution in [0.3, 0.4) is 0 Å². The van der Waals surface area contributed by atoms with Gasteiger partial charge in [-0.05, 0) is 43.4 Å². The van der Waals surface area contributed by atoms with Crippen molar-refractivity contribution in [2.45, 2.75) is 38.3 Å². The van der Waals surface area contributed by atoms with E-state index < -0.39 is 11.7 Å². The highest BCUT2D eigenvalue weighted by Gasteiger charge is 2.30. The molecule has 1 aromatic carbocycles. The molecule has 2 rings (SSSR count). The van der Waals surface area contributed by atoms with E-state index in [0.717, 1.165) is 25.5 Å². The first-order valence-corrected chi connectivity index (χ1v) is 8.03. The Morgan fingerprint density at radius 1 is 1.42 bits per heavy atom. The molecule has 0 bridgehead atoms. The maximum atomic E-state index is 12.7. The van der Waals surface area contributed by atoms with E-state index in [0.29, 0.717) is 25.1 Å². The predicted octanol–water partition coefficient (Wildman–Crippen LogP) is 3.74. The number of carbonyl (C=O) groups excluding carboxylic acids is 1. The summed E-state index contributed by atoms with van der Waals surface area (Å²) in [4.78, 5) is 12.0. The summed E-state index contributed by atoms with van der Waals surface area (Å²) in [5, 5.41) is 6.09. The second-order valence-electron chi connectivity index (χ2n) is 6.15. The molecule has 1 amide bonds. The molecule has 1 heterocycles. The van der Waals surface area contributed by atoms with Gasteiger partial charge in [-0.3, -0.25) is 4.79 Å². The predicted molar refractivity (Wildman–Crippen MR) is 90.3 cm³/mol. The molecule has 1 aliphatic heterocycles. The van der Waals surface area contributed by atoms with Crippen LogP contribution in [0, 0.1) is 5.92 Å². The number of hydrogen-bond donors (Lipinski definition) is 2. The molecule has 2 atom stereocenters. The van der Waals surface area contributed by atoms with Crippen molar-refractivity contribution in [2.75, 3.05) is 19.6 Å². The number of piperidine rings is 1. The summed E-state index contributed by atoms with van der Waals surface area (Å²) in [5.41, 5.74) is 0.0209. The molecule has 1 fully saturated rings. The molecular weight excluding hydrogens is 341 g/mol. The highest BCUT2D eigenvalue weighted by molar-refractivity contribution is 5.85. The van der Waals surface area contributed by atoms with Gasteiger partial charge in [0.1, 0.15) is 0 Å². The standard InChI is InChI=1S/C17H23F3N2O.ClH/c1-12(13-4-2-6-15(10-13)17(18,19)20)7-9-22-16(23)14-5-3-8-21-11-14;/h2,4,6,10,12,14,21H,3,5,7-9,11H2,1H3,(H,22,23);1H. The third-order valence-corrected chi connectivity index (χ3v) is 4.33. The summed E-state index contributed by atoms with van der Waals surface area (Å²) in [6, 6.07) is 5.40. The Balaban J connectivity index is 0.00000288. The Labute approximate surface area is 146 Å². The number of benzene rings is 1. The molecule has 0 saturated carbocycles. The van der Waals surface area contributed by atoms with Crippen LogP contribution in [-0.2, 0) is 11.0 Å². The minimum atomic E-state index is -4.32. The highest BCUT2D eigenvalue weighted by atomic mass is 35.5. The fraction of sp³-hybridized carbons (Fsp3) is 0.588. The van der Waals surface area contributed by atoms with Gasteiger partial charge in [0.05, 0.1) is 11.5 Å². The molecule has 2 unspecified atom stereocenters. The van der Waals surface area contributed by atoms with Crippen LogP contribution in [-0.4, -0.2) is 25.5 Å². The minimum Gasteiger partial charge on any atom is -0.356 e. The van der Waals surface area contributed by atoms with Crippen molar-refractivity contribution in [3.05, 3.63) is 35.4 Å². The average molecular weight is 365 g/mol. The summed E-state index contributed by atoms with van der Waals surface area (Å²) < 4.78 is 38.2. The van der Waals surface area contributed by atoms with Crippen molar-refractivity contribution in [1.29, 1.82) is 0 Å². The van der Waals surface area contributed by atoms with Crippen molar-refractivity contribution in [2.24, 2.45) is 5.92 Å². The van der Waals surface area contributed by atoms with Gasteiger partial charge >= 0.3 is 6.18 Å². The molecule has 0 spiro atoms. The largest absolute Gasteiger partial charge is 0.416 e. The van der Waals surface area contributed by atoms with Gasteiger partial charge in [-0.1, -0.05) is 25.1 Å². The van der Waals surface area contributed by atoms with Crippen molar-refractivity contribution in [1.82, 2.24) is 10.6 Å². The monoisotopic (exact) mass is 364 g/mol. The molecule has 0 aromatic heterocycles. The molecule has 1 aliphatic rings. The number of hydrogen-bond acceptors (Lipinski definition) is 2. The maximum Gasteiger partial charge on any atom is 0.416 e. The molecule has 3 nitrogen and oxygen atoms in total. The molecule has 1 saturated heterocycles. The third kappa shape index (κ3) is 5.98. The van der Waals surface area contributed by atoms with Crippen LogP contribution in [0.2, 0.25) is 0 Å². The first kappa shape index (κ1) is 20.8. The van der Waals surface area contributed by atoms with Crippen LogP contribution < -0.4 is 10.6 Å². The van der Waals surface area contributed by atoms with E-state index in [2.05, 4.69) is 10.6 Å². The molecule has 0 radical (unpaired) electrons. The van der Waals surface area contributed by atoms with E-state index in [4.69, 9.17) is 0 Å². The average Bonchev–Trinajstić information content (AvgIpc) is 2.54. The van der Waals surface area contributed by atoms with Crippen molar-refractivity contribution in [3.8, 4) is 0 Å². The number of amides is 1. The molecule has 1 aromatic rings. The third-order valence-electron chi connectivity index (χ3n) is 4.33. The second-order valence-corrected chi connectivity index (χ2v) is 6.15. The zero-order chi connectivity index (χ0) is 16.9. The first-order chi connectivity index (χ1) is 10.9. The van der Waals surface area contributed by atoms with Crippen LogP contribution >= 0.6 is 12.4 Å². The van der Waals surface area contributed by atoms with E-state index in [9.17, 15) is 18.0 Å². The SMILES string of the molecule is CC(CCNC(=O)C1CCCNC1)c1cccc(C(F)(F)F)c1.Cl. The smallest absolute Gasteiger partial charge is 0.356 e. The summed E-state index contributed by atoms with van der Waals surface area (Å²) in [6.07, 6.45) is -1.81. The fourth-order valence-corrected chi connectivity index (χ4v) is 2.82. The Morgan fingerprint density at radius 2 is 2.17 bits per heavy atom. The van der Waals surface area contributed by atoms with Crippen LogP contribution in [0.15, 0.2) is 24.3 Å². The number of alkyl halides is 3. The number of halogens is 4. The Bertz CT molecular complexity index is 531. The summed E-state index contributed by atoms with van der Waals surface area (Å²) in [6.45, 7) is 4.02. The minimum absolute atomic E-state index is 0. The maximum absolute atomic E-state index is 12.7. The molecule has 2 N–H and O–H groups in total. The van der Waals surface area contributed by atoms with Gasteiger partial charge in [0.2, 0.25) is 5.91 Å². The van der Waals surface area contributed by atoms with Gasteiger partial charge in [0.15, 0.2) is 0 Å². The Morgan fingerprint density at radius 3 is 2.79 bits per heavy atom. The van der Waals surface area contributed by atoms with E-state index >= 15 is 0 Å².